The van der Waals surface area contributed by atoms with Crippen molar-refractivity contribution in [2.75, 3.05) is 5.32 Å². The minimum Gasteiger partial charge on any atom is -0.322 e. The minimum atomic E-state index is -0.291. The fourth-order valence-corrected chi connectivity index (χ4v) is 3.14. The van der Waals surface area contributed by atoms with Gasteiger partial charge < -0.3 is 5.32 Å². The zero-order valence-corrected chi connectivity index (χ0v) is 13.9. The van der Waals surface area contributed by atoms with E-state index in [0.29, 0.717) is 22.4 Å². The first-order valence-electron chi connectivity index (χ1n) is 8.50. The van der Waals surface area contributed by atoms with E-state index in [2.05, 4.69) is 12.2 Å². The number of nitrogens with zero attached hydrogens (tertiary/aromatic N) is 1. The van der Waals surface area contributed by atoms with E-state index in [0.717, 1.165) is 24.8 Å². The molecule has 0 aromatic heterocycles. The van der Waals surface area contributed by atoms with Gasteiger partial charge in [-0.2, -0.15) is 0 Å². The average Bonchev–Trinajstić information content (AvgIpc) is 3.42. The van der Waals surface area contributed by atoms with E-state index >= 15 is 0 Å². The SMILES string of the molecule is CCc1cccc(NC(=O)c2ccc3c(c2)C(=O)N(C2CC2)C3=O)c1. The summed E-state index contributed by atoms with van der Waals surface area (Å²) < 4.78 is 0. The van der Waals surface area contributed by atoms with E-state index in [1.54, 1.807) is 12.1 Å². The van der Waals surface area contributed by atoms with Crippen LogP contribution in [0, 0.1) is 0 Å². The molecular weight excluding hydrogens is 316 g/mol. The van der Waals surface area contributed by atoms with E-state index < -0.39 is 0 Å². The lowest BCUT2D eigenvalue weighted by atomic mass is 10.1. The second kappa shape index (κ2) is 5.84. The number of nitrogens with one attached hydrogen (secondary N) is 1. The van der Waals surface area contributed by atoms with E-state index in [-0.39, 0.29) is 23.8 Å². The number of hydrogen-bond acceptors (Lipinski definition) is 3. The van der Waals surface area contributed by atoms with Crippen molar-refractivity contribution in [3.8, 4) is 0 Å². The summed E-state index contributed by atoms with van der Waals surface area (Å²) in [6, 6.07) is 12.4. The molecule has 2 aromatic rings. The molecule has 5 heteroatoms. The van der Waals surface area contributed by atoms with Gasteiger partial charge in [-0.05, 0) is 55.2 Å². The van der Waals surface area contributed by atoms with Crippen molar-refractivity contribution < 1.29 is 14.4 Å². The Morgan fingerprint density at radius 2 is 1.84 bits per heavy atom. The van der Waals surface area contributed by atoms with Crippen molar-refractivity contribution in [1.82, 2.24) is 4.90 Å². The monoisotopic (exact) mass is 334 g/mol. The molecule has 2 aromatic carbocycles. The summed E-state index contributed by atoms with van der Waals surface area (Å²) in [6.07, 6.45) is 2.62. The second-order valence-electron chi connectivity index (χ2n) is 6.48. The fraction of sp³-hybridized carbons (Fsp3) is 0.250. The second-order valence-corrected chi connectivity index (χ2v) is 6.48. The molecule has 1 aliphatic heterocycles. The van der Waals surface area contributed by atoms with Gasteiger partial charge in [-0.1, -0.05) is 19.1 Å². The van der Waals surface area contributed by atoms with Gasteiger partial charge in [-0.3, -0.25) is 19.3 Å². The number of carbonyl (C=O) groups excluding carboxylic acids is 3. The van der Waals surface area contributed by atoms with Crippen molar-refractivity contribution in [2.24, 2.45) is 0 Å². The van der Waals surface area contributed by atoms with Crippen LogP contribution in [0.3, 0.4) is 0 Å². The number of anilines is 1. The van der Waals surface area contributed by atoms with Crippen LogP contribution in [0.5, 0.6) is 0 Å². The summed E-state index contributed by atoms with van der Waals surface area (Å²) >= 11 is 0. The molecule has 4 rings (SSSR count). The Hall–Kier alpha value is -2.95. The molecule has 0 bridgehead atoms. The lowest BCUT2D eigenvalue weighted by Crippen LogP contribution is -2.31. The van der Waals surface area contributed by atoms with Crippen LogP contribution in [0.4, 0.5) is 5.69 Å². The van der Waals surface area contributed by atoms with Crippen molar-refractivity contribution in [2.45, 2.75) is 32.2 Å². The van der Waals surface area contributed by atoms with E-state index in [1.807, 2.05) is 24.3 Å². The van der Waals surface area contributed by atoms with Crippen LogP contribution in [0.25, 0.3) is 0 Å². The Kier molecular flexibility index (Phi) is 3.64. The highest BCUT2D eigenvalue weighted by Gasteiger charge is 2.44. The van der Waals surface area contributed by atoms with Gasteiger partial charge >= 0.3 is 0 Å². The maximum Gasteiger partial charge on any atom is 0.261 e. The summed E-state index contributed by atoms with van der Waals surface area (Å²) in [5.74, 6) is -0.823. The zero-order valence-electron chi connectivity index (χ0n) is 13.9. The molecule has 0 spiro atoms. The standard InChI is InChI=1S/C20H18N2O3/c1-2-12-4-3-5-14(10-12)21-18(23)13-6-9-16-17(11-13)20(25)22(19(16)24)15-7-8-15/h3-6,9-11,15H,2,7-8H2,1H3,(H,21,23). The summed E-state index contributed by atoms with van der Waals surface area (Å²) in [7, 11) is 0. The van der Waals surface area contributed by atoms with Crippen LogP contribution in [-0.2, 0) is 6.42 Å². The van der Waals surface area contributed by atoms with Crippen molar-refractivity contribution >= 4 is 23.4 Å². The normalized spacial score (nSPS) is 16.1. The van der Waals surface area contributed by atoms with Crippen LogP contribution in [0.1, 0.15) is 56.4 Å². The van der Waals surface area contributed by atoms with Gasteiger partial charge in [0.15, 0.2) is 0 Å². The van der Waals surface area contributed by atoms with Gasteiger partial charge in [0.05, 0.1) is 11.1 Å². The van der Waals surface area contributed by atoms with Crippen LogP contribution in [0.15, 0.2) is 42.5 Å². The summed E-state index contributed by atoms with van der Waals surface area (Å²) in [5, 5.41) is 2.85. The quantitative estimate of drug-likeness (QED) is 0.873. The first kappa shape index (κ1) is 15.6. The Morgan fingerprint density at radius 1 is 1.08 bits per heavy atom. The maximum atomic E-state index is 12.5. The smallest absolute Gasteiger partial charge is 0.261 e. The van der Waals surface area contributed by atoms with Gasteiger partial charge in [0, 0.05) is 17.3 Å². The molecule has 0 atom stereocenters. The molecule has 1 fully saturated rings. The maximum absolute atomic E-state index is 12.5. The van der Waals surface area contributed by atoms with Crippen molar-refractivity contribution in [1.29, 1.82) is 0 Å². The first-order chi connectivity index (χ1) is 12.1. The van der Waals surface area contributed by atoms with E-state index in [1.165, 1.54) is 11.0 Å². The highest BCUT2D eigenvalue weighted by molar-refractivity contribution is 6.22. The lowest BCUT2D eigenvalue weighted by Gasteiger charge is -2.11. The Labute approximate surface area is 145 Å². The van der Waals surface area contributed by atoms with Gasteiger partial charge in [-0.25, -0.2) is 0 Å². The van der Waals surface area contributed by atoms with Crippen LogP contribution in [-0.4, -0.2) is 28.7 Å². The molecule has 1 N–H and O–H groups in total. The molecule has 1 saturated carbocycles. The Bertz CT molecular complexity index is 900. The number of hydrogen-bond donors (Lipinski definition) is 1. The predicted molar refractivity (Wildman–Crippen MR) is 93.7 cm³/mol. The highest BCUT2D eigenvalue weighted by atomic mass is 16.2. The van der Waals surface area contributed by atoms with Crippen LogP contribution < -0.4 is 5.32 Å². The van der Waals surface area contributed by atoms with Gasteiger partial charge in [0.1, 0.15) is 0 Å². The van der Waals surface area contributed by atoms with E-state index in [4.69, 9.17) is 0 Å². The molecule has 3 amide bonds. The molecule has 126 valence electrons. The Morgan fingerprint density at radius 3 is 2.56 bits per heavy atom. The van der Waals surface area contributed by atoms with Crippen LogP contribution >= 0.6 is 0 Å². The van der Waals surface area contributed by atoms with Gasteiger partial charge in [0.2, 0.25) is 0 Å². The van der Waals surface area contributed by atoms with Crippen molar-refractivity contribution in [3.05, 3.63) is 64.7 Å². The fourth-order valence-electron chi connectivity index (χ4n) is 3.14. The molecular formula is C20H18N2O3. The third-order valence-electron chi connectivity index (χ3n) is 4.69. The van der Waals surface area contributed by atoms with Gasteiger partial charge in [-0.15, -0.1) is 0 Å². The molecule has 0 saturated heterocycles. The van der Waals surface area contributed by atoms with Crippen molar-refractivity contribution in [3.63, 3.8) is 0 Å². The minimum absolute atomic E-state index is 0.0291. The summed E-state index contributed by atoms with van der Waals surface area (Å²) in [4.78, 5) is 38.7. The largest absolute Gasteiger partial charge is 0.322 e. The molecule has 0 radical (unpaired) electrons. The molecule has 25 heavy (non-hydrogen) atoms. The summed E-state index contributed by atoms with van der Waals surface area (Å²) in [5.41, 5.74) is 2.94. The predicted octanol–water partition coefficient (Wildman–Crippen LogP) is 3.26. The topological polar surface area (TPSA) is 66.5 Å². The molecule has 5 nitrogen and oxygen atoms in total. The number of carbonyl (C=O) groups is 3. The molecule has 1 aliphatic carbocycles. The zero-order chi connectivity index (χ0) is 17.6. The molecule has 1 heterocycles. The number of imide groups is 1. The number of fused-ring (bicyclic) bond motifs is 1. The number of rotatable bonds is 4. The number of benzene rings is 2. The summed E-state index contributed by atoms with van der Waals surface area (Å²) in [6.45, 7) is 2.05. The van der Waals surface area contributed by atoms with E-state index in [9.17, 15) is 14.4 Å². The van der Waals surface area contributed by atoms with Crippen LogP contribution in [0.2, 0.25) is 0 Å². The third kappa shape index (κ3) is 2.71. The third-order valence-corrected chi connectivity index (χ3v) is 4.69. The van der Waals surface area contributed by atoms with Gasteiger partial charge in [0.25, 0.3) is 17.7 Å². The average molecular weight is 334 g/mol. The molecule has 2 aliphatic rings. The number of aryl methyl sites for hydroxylation is 1. The Balaban J connectivity index is 1.59. The lowest BCUT2D eigenvalue weighted by molar-refractivity contribution is 0.0642. The first-order valence-corrected chi connectivity index (χ1v) is 8.50. The highest BCUT2D eigenvalue weighted by Crippen LogP contribution is 2.34. The molecule has 0 unspecified atom stereocenters. The number of amides is 3.